The van der Waals surface area contributed by atoms with Crippen LogP contribution in [0.4, 0.5) is 4.79 Å². The van der Waals surface area contributed by atoms with Gasteiger partial charge in [0.2, 0.25) is 0 Å². The first-order valence-corrected chi connectivity index (χ1v) is 9.13. The molecule has 7 nitrogen and oxygen atoms in total. The fraction of sp³-hybridized carbons (Fsp3) is 0.722. The van der Waals surface area contributed by atoms with Crippen LogP contribution >= 0.6 is 0 Å². The predicted molar refractivity (Wildman–Crippen MR) is 94.3 cm³/mol. The first-order chi connectivity index (χ1) is 12.1. The van der Waals surface area contributed by atoms with E-state index in [1.165, 1.54) is 0 Å². The maximum atomic E-state index is 12.2. The van der Waals surface area contributed by atoms with Gasteiger partial charge in [0.15, 0.2) is 5.60 Å². The number of hydrogen-bond acceptors (Lipinski definition) is 6. The van der Waals surface area contributed by atoms with E-state index in [1.807, 2.05) is 13.0 Å². The van der Waals surface area contributed by atoms with Crippen LogP contribution in [0.25, 0.3) is 0 Å². The summed E-state index contributed by atoms with van der Waals surface area (Å²) in [6.45, 7) is 8.26. The highest BCUT2D eigenvalue weighted by atomic mass is 16.6. The Morgan fingerprint density at radius 3 is 2.64 bits per heavy atom. The molecule has 0 aromatic carbocycles. The van der Waals surface area contributed by atoms with Gasteiger partial charge in [-0.2, -0.15) is 0 Å². The molecule has 0 aliphatic heterocycles. The molecular weight excluding hydrogens is 324 g/mol. The molecule has 1 aromatic rings. The molecule has 1 amide bonds. The zero-order valence-electron chi connectivity index (χ0n) is 15.3. The molecule has 0 saturated carbocycles. The van der Waals surface area contributed by atoms with Crippen LogP contribution in [0.3, 0.4) is 0 Å². The molecule has 25 heavy (non-hydrogen) atoms. The number of rotatable bonds is 13. The van der Waals surface area contributed by atoms with E-state index in [4.69, 9.17) is 9.15 Å². The van der Waals surface area contributed by atoms with Gasteiger partial charge in [0.1, 0.15) is 0 Å². The minimum atomic E-state index is -1.07. The minimum Gasteiger partial charge on any atom is -0.433 e. The molecule has 0 saturated heterocycles. The van der Waals surface area contributed by atoms with Crippen molar-refractivity contribution in [3.8, 4) is 0 Å². The van der Waals surface area contributed by atoms with Crippen molar-refractivity contribution < 1.29 is 18.5 Å². The van der Waals surface area contributed by atoms with Gasteiger partial charge in [0, 0.05) is 6.54 Å². The van der Waals surface area contributed by atoms with Crippen LogP contribution in [0.15, 0.2) is 26.4 Å². The molecule has 0 bridgehead atoms. The molecule has 0 radical (unpaired) electrons. The van der Waals surface area contributed by atoms with Crippen LogP contribution in [0.5, 0.6) is 0 Å². The average Bonchev–Trinajstić information content (AvgIpc) is 3.02. The number of hydrogen-bond donors (Lipinski definition) is 1. The molecule has 1 atom stereocenters. The van der Waals surface area contributed by atoms with Crippen molar-refractivity contribution in [1.29, 1.82) is 0 Å². The maximum absolute atomic E-state index is 12.2. The van der Waals surface area contributed by atoms with Crippen LogP contribution in [-0.4, -0.2) is 17.8 Å². The molecule has 1 aromatic heterocycles. The first kappa shape index (κ1) is 21.0. The van der Waals surface area contributed by atoms with Crippen LogP contribution in [-0.2, 0) is 10.3 Å². The Bertz CT molecular complexity index is 566. The lowest BCUT2D eigenvalue weighted by molar-refractivity contribution is -0.0302. The molecule has 0 spiro atoms. The van der Waals surface area contributed by atoms with Gasteiger partial charge < -0.3 is 14.5 Å². The van der Waals surface area contributed by atoms with E-state index in [1.54, 1.807) is 0 Å². The third kappa shape index (κ3) is 7.15. The van der Waals surface area contributed by atoms with Gasteiger partial charge in [-0.25, -0.2) is 9.59 Å². The summed E-state index contributed by atoms with van der Waals surface area (Å²) in [5, 5.41) is 6.44. The Balaban J connectivity index is 2.79. The number of ether oxygens (including phenoxy) is 1. The van der Waals surface area contributed by atoms with Crippen LogP contribution in [0.2, 0.25) is 0 Å². The lowest BCUT2D eigenvalue weighted by Crippen LogP contribution is -2.38. The number of amides is 1. The van der Waals surface area contributed by atoms with Crippen LogP contribution < -0.4 is 11.1 Å². The first-order valence-electron chi connectivity index (χ1n) is 9.13. The summed E-state index contributed by atoms with van der Waals surface area (Å²) in [6.07, 6.45) is 8.67. The molecule has 0 aliphatic rings. The quantitative estimate of drug-likeness (QED) is 0.419. The second-order valence-corrected chi connectivity index (χ2v) is 6.14. The summed E-state index contributed by atoms with van der Waals surface area (Å²) in [5.74, 6) is -0.850. The average molecular weight is 354 g/mol. The van der Waals surface area contributed by atoms with Gasteiger partial charge >= 0.3 is 11.9 Å². The lowest BCUT2D eigenvalue weighted by Gasteiger charge is -2.29. The number of allylic oxidation sites excluding steroid dienone is 1. The molecule has 0 aliphatic carbocycles. The Hall–Kier alpha value is -2.05. The summed E-state index contributed by atoms with van der Waals surface area (Å²) in [6, 6.07) is 0. The second-order valence-electron chi connectivity index (χ2n) is 6.14. The number of aromatic nitrogens is 1. The second kappa shape index (κ2) is 11.5. The van der Waals surface area contributed by atoms with Crippen LogP contribution in [0.1, 0.15) is 77.5 Å². The van der Waals surface area contributed by atoms with Gasteiger partial charge in [-0.3, -0.25) is 4.52 Å². The van der Waals surface area contributed by atoms with Crippen molar-refractivity contribution in [1.82, 2.24) is 10.5 Å². The Kier molecular flexibility index (Phi) is 9.65. The summed E-state index contributed by atoms with van der Waals surface area (Å²) in [4.78, 5) is 23.5. The minimum absolute atomic E-state index is 0.0391. The third-order valence-electron chi connectivity index (χ3n) is 4.00. The number of alkyl carbamates (subject to hydrolysis) is 1. The lowest BCUT2D eigenvalue weighted by atomic mass is 9.91. The number of nitrogens with one attached hydrogen (secondary N) is 1. The topological polar surface area (TPSA) is 94.6 Å². The van der Waals surface area contributed by atoms with E-state index >= 15 is 0 Å². The highest BCUT2D eigenvalue weighted by Crippen LogP contribution is 2.35. The number of unbranched alkanes of at least 4 members (excludes halogenated alkanes) is 4. The SMILES string of the molecule is C=CCCCCNC(=O)OC(CCC)(CCCCC)c1noc(=O)o1. The van der Waals surface area contributed by atoms with Crippen molar-refractivity contribution in [2.24, 2.45) is 0 Å². The standard InChI is InChI=1S/C18H30N2O5/c1-4-7-9-11-14-19-16(21)24-18(12-6-3,13-10-8-5-2)15-20-25-17(22)23-15/h4H,1,5-14H2,2-3H3,(H,19,21). The molecular formula is C18H30N2O5. The summed E-state index contributed by atoms with van der Waals surface area (Å²) in [5.41, 5.74) is -1.07. The smallest absolute Gasteiger partial charge is 0.433 e. The van der Waals surface area contributed by atoms with E-state index in [0.717, 1.165) is 44.9 Å². The van der Waals surface area contributed by atoms with E-state index < -0.39 is 17.5 Å². The number of carbonyl (C=O) groups is 1. The van der Waals surface area contributed by atoms with Crippen molar-refractivity contribution in [3.63, 3.8) is 0 Å². The fourth-order valence-electron chi connectivity index (χ4n) is 2.74. The Morgan fingerprint density at radius 2 is 2.04 bits per heavy atom. The van der Waals surface area contributed by atoms with E-state index in [9.17, 15) is 9.59 Å². The molecule has 0 fully saturated rings. The fourth-order valence-corrected chi connectivity index (χ4v) is 2.74. The highest BCUT2D eigenvalue weighted by Gasteiger charge is 2.41. The zero-order chi connectivity index (χ0) is 18.5. The van der Waals surface area contributed by atoms with Crippen molar-refractivity contribution in [2.75, 3.05) is 6.54 Å². The molecule has 7 heteroatoms. The summed E-state index contributed by atoms with van der Waals surface area (Å²) >= 11 is 0. The predicted octanol–water partition coefficient (Wildman–Crippen LogP) is 4.29. The van der Waals surface area contributed by atoms with E-state index in [0.29, 0.717) is 19.4 Å². The summed E-state index contributed by atoms with van der Waals surface area (Å²) < 4.78 is 15.3. The number of carbonyl (C=O) groups excluding carboxylic acids is 1. The van der Waals surface area contributed by atoms with Crippen molar-refractivity contribution >= 4 is 6.09 Å². The van der Waals surface area contributed by atoms with E-state index in [2.05, 4.69) is 28.5 Å². The van der Waals surface area contributed by atoms with Crippen molar-refractivity contribution in [2.45, 2.75) is 77.2 Å². The largest absolute Gasteiger partial charge is 0.542 e. The molecule has 1 heterocycles. The van der Waals surface area contributed by atoms with Gasteiger partial charge in [-0.1, -0.05) is 39.2 Å². The normalized spacial score (nSPS) is 13.2. The zero-order valence-corrected chi connectivity index (χ0v) is 15.3. The third-order valence-corrected chi connectivity index (χ3v) is 4.00. The van der Waals surface area contributed by atoms with Gasteiger partial charge in [-0.15, -0.1) is 6.58 Å². The Labute approximate surface area is 148 Å². The van der Waals surface area contributed by atoms with Crippen LogP contribution in [0, 0.1) is 0 Å². The monoisotopic (exact) mass is 354 g/mol. The van der Waals surface area contributed by atoms with Crippen molar-refractivity contribution in [3.05, 3.63) is 29.2 Å². The highest BCUT2D eigenvalue weighted by molar-refractivity contribution is 5.67. The van der Waals surface area contributed by atoms with Gasteiger partial charge in [-0.05, 0) is 43.7 Å². The number of nitrogens with zero attached hydrogens (tertiary/aromatic N) is 1. The molecule has 1 rings (SSSR count). The Morgan fingerprint density at radius 1 is 1.24 bits per heavy atom. The van der Waals surface area contributed by atoms with Gasteiger partial charge in [0.05, 0.1) is 0 Å². The van der Waals surface area contributed by atoms with E-state index in [-0.39, 0.29) is 5.89 Å². The molecule has 142 valence electrons. The molecule has 1 unspecified atom stereocenters. The maximum Gasteiger partial charge on any atom is 0.542 e. The summed E-state index contributed by atoms with van der Waals surface area (Å²) in [7, 11) is 0. The molecule has 1 N–H and O–H groups in total. The van der Waals surface area contributed by atoms with Gasteiger partial charge in [0.25, 0.3) is 5.89 Å².